The van der Waals surface area contributed by atoms with Crippen molar-refractivity contribution in [2.75, 3.05) is 0 Å². The number of benzene rings is 2. The monoisotopic (exact) mass is 436 g/mol. The van der Waals surface area contributed by atoms with Crippen molar-refractivity contribution in [1.82, 2.24) is 0 Å². The molecule has 0 bridgehead atoms. The van der Waals surface area contributed by atoms with Gasteiger partial charge in [-0.3, -0.25) is 0 Å². The molecular weight excluding hydrogens is 424 g/mol. The Kier molecular flexibility index (Phi) is 7.45. The zero-order valence-corrected chi connectivity index (χ0v) is 16.1. The molecule has 0 aliphatic carbocycles. The fourth-order valence-corrected chi connectivity index (χ4v) is 2.14. The Morgan fingerprint density at radius 3 is 1.38 bits per heavy atom. The van der Waals surface area contributed by atoms with E-state index in [-0.39, 0.29) is 15.0 Å². The fourth-order valence-electron chi connectivity index (χ4n) is 2.14. The Morgan fingerprint density at radius 2 is 1.00 bits per heavy atom. The minimum atomic E-state index is 0.125. The summed E-state index contributed by atoms with van der Waals surface area (Å²) >= 11 is 6.50. The molecule has 0 heterocycles. The number of hydrogen-bond donors (Lipinski definition) is 0. The van der Waals surface area contributed by atoms with E-state index in [1.165, 1.54) is 21.5 Å². The molecule has 0 radical (unpaired) electrons. The first-order chi connectivity index (χ1) is 10.3. The summed E-state index contributed by atoms with van der Waals surface area (Å²) in [5.74, 6) is 0. The Balaban J connectivity index is 0.000000130. The SMILES string of the molecule is [Br][Ti][Br].c1ccc2[cH-]ccc2c1.c1ccc2[cH-]ccc2c1. The van der Waals surface area contributed by atoms with Crippen molar-refractivity contribution in [2.24, 2.45) is 0 Å². The molecule has 0 spiro atoms. The molecule has 0 saturated heterocycles. The van der Waals surface area contributed by atoms with Crippen LogP contribution in [0, 0.1) is 0 Å². The van der Waals surface area contributed by atoms with E-state index in [9.17, 15) is 0 Å². The van der Waals surface area contributed by atoms with Gasteiger partial charge in [-0.15, -0.1) is 59.3 Å². The van der Waals surface area contributed by atoms with Crippen LogP contribution in [-0.4, -0.2) is 0 Å². The molecule has 0 nitrogen and oxygen atoms in total. The van der Waals surface area contributed by atoms with E-state index < -0.39 is 0 Å². The van der Waals surface area contributed by atoms with Gasteiger partial charge in [0.1, 0.15) is 0 Å². The van der Waals surface area contributed by atoms with E-state index in [1.807, 2.05) is 0 Å². The van der Waals surface area contributed by atoms with Gasteiger partial charge in [0.2, 0.25) is 0 Å². The second-order valence-electron chi connectivity index (χ2n) is 4.38. The van der Waals surface area contributed by atoms with Gasteiger partial charge in [-0.05, 0) is 0 Å². The molecule has 4 aromatic carbocycles. The first-order valence-corrected chi connectivity index (χ1v) is 14.2. The summed E-state index contributed by atoms with van der Waals surface area (Å²) in [5.41, 5.74) is 0. The molecule has 0 aromatic heterocycles. The predicted molar refractivity (Wildman–Crippen MR) is 96.9 cm³/mol. The first kappa shape index (κ1) is 16.7. The Morgan fingerprint density at radius 1 is 0.619 bits per heavy atom. The molecule has 0 fully saturated rings. The van der Waals surface area contributed by atoms with Gasteiger partial charge in [0.05, 0.1) is 0 Å². The van der Waals surface area contributed by atoms with E-state index in [0.717, 1.165) is 0 Å². The van der Waals surface area contributed by atoms with E-state index in [1.54, 1.807) is 0 Å². The summed E-state index contributed by atoms with van der Waals surface area (Å²) in [6.07, 6.45) is 0. The van der Waals surface area contributed by atoms with Crippen LogP contribution in [-0.2, 0) is 15.0 Å². The van der Waals surface area contributed by atoms with Crippen molar-refractivity contribution in [1.29, 1.82) is 0 Å². The zero-order chi connectivity index (χ0) is 14.9. The van der Waals surface area contributed by atoms with Crippen LogP contribution in [0.2, 0.25) is 0 Å². The Bertz CT molecular complexity index is 644. The summed E-state index contributed by atoms with van der Waals surface area (Å²) in [5, 5.41) is 5.32. The molecule has 0 atom stereocenters. The van der Waals surface area contributed by atoms with Crippen LogP contribution in [0.1, 0.15) is 0 Å². The summed E-state index contributed by atoms with van der Waals surface area (Å²) in [6.45, 7) is 0. The van der Waals surface area contributed by atoms with Gasteiger partial charge in [0.15, 0.2) is 0 Å². The molecule has 21 heavy (non-hydrogen) atoms. The maximum absolute atomic E-state index is 3.19. The standard InChI is InChI=1S/2C9H7.2BrH.Ti/c2*1-2-5-9-7-3-6-8(9)4-1;;;/h2*1-7H;2*1H;/q2*-1;;;+2/p-2. The van der Waals surface area contributed by atoms with E-state index in [4.69, 9.17) is 0 Å². The van der Waals surface area contributed by atoms with Crippen molar-refractivity contribution in [3.8, 4) is 0 Å². The van der Waals surface area contributed by atoms with Crippen molar-refractivity contribution in [2.45, 2.75) is 0 Å². The minimum absolute atomic E-state index is 0.125. The van der Waals surface area contributed by atoms with Crippen molar-refractivity contribution < 1.29 is 15.0 Å². The van der Waals surface area contributed by atoms with Gasteiger partial charge in [-0.2, -0.15) is 35.0 Å². The quantitative estimate of drug-likeness (QED) is 0.209. The van der Waals surface area contributed by atoms with Crippen LogP contribution in [0.4, 0.5) is 0 Å². The summed E-state index contributed by atoms with van der Waals surface area (Å²) in [6, 6.07) is 29.3. The summed E-state index contributed by atoms with van der Waals surface area (Å²) in [4.78, 5) is 0. The largest absolute Gasteiger partial charge is 0.168 e. The summed E-state index contributed by atoms with van der Waals surface area (Å²) in [7, 11) is 0. The smallest absolute Gasteiger partial charge is 0.0809 e. The number of rotatable bonds is 0. The Hall–Kier alpha value is -0.666. The van der Waals surface area contributed by atoms with Crippen LogP contribution in [0.5, 0.6) is 0 Å². The molecule has 0 amide bonds. The molecular formula is C18H14Br2Ti-2. The predicted octanol–water partition coefficient (Wildman–Crippen LogP) is 6.81. The average Bonchev–Trinajstić information content (AvgIpc) is 3.17. The van der Waals surface area contributed by atoms with Crippen LogP contribution < -0.4 is 0 Å². The summed E-state index contributed by atoms with van der Waals surface area (Å²) < 4.78 is 0. The fraction of sp³-hybridized carbons (Fsp3) is 0. The maximum atomic E-state index is 3.19. The van der Waals surface area contributed by atoms with Crippen LogP contribution in [0.3, 0.4) is 0 Å². The molecule has 4 rings (SSSR count). The molecule has 106 valence electrons. The molecule has 0 N–H and O–H groups in total. The second-order valence-corrected chi connectivity index (χ2v) is 12.3. The second kappa shape index (κ2) is 9.37. The van der Waals surface area contributed by atoms with Gasteiger partial charge in [-0.25, -0.2) is 0 Å². The molecule has 0 saturated carbocycles. The van der Waals surface area contributed by atoms with E-state index in [0.29, 0.717) is 0 Å². The van der Waals surface area contributed by atoms with E-state index >= 15 is 0 Å². The molecule has 3 heteroatoms. The molecule has 4 aromatic rings. The number of fused-ring (bicyclic) bond motifs is 2. The molecule has 0 unspecified atom stereocenters. The van der Waals surface area contributed by atoms with E-state index in [2.05, 4.69) is 111 Å². The topological polar surface area (TPSA) is 0 Å². The zero-order valence-electron chi connectivity index (χ0n) is 11.3. The van der Waals surface area contributed by atoms with Crippen LogP contribution in [0.25, 0.3) is 21.5 Å². The van der Waals surface area contributed by atoms with Crippen molar-refractivity contribution in [3.63, 3.8) is 0 Å². The third-order valence-electron chi connectivity index (χ3n) is 3.10. The third-order valence-corrected chi connectivity index (χ3v) is 3.10. The van der Waals surface area contributed by atoms with Gasteiger partial charge in [0, 0.05) is 0 Å². The third kappa shape index (κ3) is 5.23. The van der Waals surface area contributed by atoms with Gasteiger partial charge < -0.3 is 0 Å². The van der Waals surface area contributed by atoms with Crippen molar-refractivity contribution in [3.05, 3.63) is 84.9 Å². The van der Waals surface area contributed by atoms with Crippen molar-refractivity contribution >= 4 is 47.9 Å². The molecule has 0 aliphatic heterocycles. The minimum Gasteiger partial charge on any atom is -0.168 e. The van der Waals surface area contributed by atoms with Crippen LogP contribution in [0.15, 0.2) is 84.9 Å². The Labute approximate surface area is 146 Å². The molecule has 0 aliphatic rings. The van der Waals surface area contributed by atoms with Gasteiger partial charge in [-0.1, -0.05) is 12.1 Å². The van der Waals surface area contributed by atoms with Crippen LogP contribution >= 0.6 is 26.3 Å². The van der Waals surface area contributed by atoms with Gasteiger partial charge >= 0.3 is 41.3 Å². The normalized spacial score (nSPS) is 9.43. The number of halogens is 2. The first-order valence-electron chi connectivity index (χ1n) is 6.52. The number of hydrogen-bond acceptors (Lipinski definition) is 0. The van der Waals surface area contributed by atoms with Gasteiger partial charge in [0.25, 0.3) is 0 Å². The maximum Gasteiger partial charge on any atom is -0.0809 e. The average molecular weight is 438 g/mol.